The lowest BCUT2D eigenvalue weighted by Gasteiger charge is -2.30. The largest absolute Gasteiger partial charge is 0.493 e. The first-order chi connectivity index (χ1) is 23.7. The van der Waals surface area contributed by atoms with Crippen molar-refractivity contribution in [2.45, 2.75) is 45.1 Å². The zero-order chi connectivity index (χ0) is 36.2. The Labute approximate surface area is 294 Å². The molecule has 2 aromatic heterocycles. The highest BCUT2D eigenvalue weighted by Crippen LogP contribution is 2.32. The third-order valence-corrected chi connectivity index (χ3v) is 9.72. The van der Waals surface area contributed by atoms with Gasteiger partial charge >= 0.3 is 0 Å². The highest BCUT2D eigenvalue weighted by Gasteiger charge is 2.31. The van der Waals surface area contributed by atoms with Gasteiger partial charge in [0.15, 0.2) is 0 Å². The van der Waals surface area contributed by atoms with Gasteiger partial charge in [-0.1, -0.05) is 43.6 Å². The van der Waals surface area contributed by atoms with E-state index < -0.39 is 39.2 Å². The van der Waals surface area contributed by atoms with E-state index in [0.717, 1.165) is 11.0 Å². The molecule has 2 heterocycles. The molecule has 5 aromatic rings. The molecule has 15 heteroatoms. The van der Waals surface area contributed by atoms with E-state index in [2.05, 4.69) is 25.0 Å². The van der Waals surface area contributed by atoms with Gasteiger partial charge < -0.3 is 20.8 Å². The van der Waals surface area contributed by atoms with E-state index in [9.17, 15) is 18.0 Å². The highest BCUT2D eigenvalue weighted by atomic mass is 35.5. The van der Waals surface area contributed by atoms with E-state index in [-0.39, 0.29) is 22.9 Å². The molecule has 2 unspecified atom stereocenters. The number of imidazole rings is 1. The van der Waals surface area contributed by atoms with Gasteiger partial charge in [0.05, 0.1) is 44.7 Å². The normalized spacial score (nSPS) is 13.0. The number of halogens is 1. The van der Waals surface area contributed by atoms with Crippen LogP contribution in [-0.4, -0.2) is 53.0 Å². The number of aryl methyl sites for hydroxylation is 1. The van der Waals surface area contributed by atoms with Crippen molar-refractivity contribution in [3.8, 4) is 17.1 Å². The summed E-state index contributed by atoms with van der Waals surface area (Å²) in [5, 5.41) is 12.4. The number of ether oxygens (including phenoxy) is 1. The number of para-hydroxylation sites is 2. The molecule has 0 saturated carbocycles. The van der Waals surface area contributed by atoms with E-state index in [4.69, 9.17) is 27.3 Å². The Morgan fingerprint density at radius 3 is 2.50 bits per heavy atom. The Balaban J connectivity index is 1.25. The van der Waals surface area contributed by atoms with Crippen LogP contribution in [0.15, 0.2) is 83.8 Å². The summed E-state index contributed by atoms with van der Waals surface area (Å²) in [7, 11) is -4.09. The van der Waals surface area contributed by atoms with Gasteiger partial charge in [0, 0.05) is 23.4 Å². The minimum absolute atomic E-state index is 0.0225. The van der Waals surface area contributed by atoms with E-state index >= 15 is 0 Å². The Hall–Kier alpha value is -5.02. The molecule has 0 fully saturated rings. The molecule has 0 bridgehead atoms. The number of pyridine rings is 1. The van der Waals surface area contributed by atoms with Crippen LogP contribution >= 0.6 is 11.6 Å². The van der Waals surface area contributed by atoms with Gasteiger partial charge in [-0.05, 0) is 80.3 Å². The zero-order valence-electron chi connectivity index (χ0n) is 27.8. The van der Waals surface area contributed by atoms with Gasteiger partial charge in [-0.3, -0.25) is 19.5 Å². The van der Waals surface area contributed by atoms with E-state index in [0.29, 0.717) is 40.0 Å². The lowest BCUT2D eigenvalue weighted by atomic mass is 9.80. The number of rotatable bonds is 13. The Morgan fingerprint density at radius 1 is 1.04 bits per heavy atom. The highest BCUT2D eigenvalue weighted by molar-refractivity contribution is 7.92. The summed E-state index contributed by atoms with van der Waals surface area (Å²) in [4.78, 5) is 37.4. The van der Waals surface area contributed by atoms with Crippen LogP contribution in [0.4, 0.5) is 11.5 Å². The molecule has 2 amide bonds. The number of hydrogen-bond acceptors (Lipinski definition) is 9. The minimum atomic E-state index is -4.09. The van der Waals surface area contributed by atoms with Crippen molar-refractivity contribution in [2.24, 2.45) is 17.1 Å². The number of nitrogens with zero attached hydrogens (tertiary/aromatic N) is 2. The summed E-state index contributed by atoms with van der Waals surface area (Å²) >= 11 is 6.46. The lowest BCUT2D eigenvalue weighted by Crippen LogP contribution is -2.42. The van der Waals surface area contributed by atoms with E-state index in [1.165, 1.54) is 24.3 Å². The predicted molar refractivity (Wildman–Crippen MR) is 192 cm³/mol. The molecule has 2 atom stereocenters. The molecule has 3 aromatic carbocycles. The van der Waals surface area contributed by atoms with Crippen LogP contribution in [0.5, 0.6) is 5.75 Å². The van der Waals surface area contributed by atoms with Crippen LogP contribution in [0.1, 0.15) is 43.2 Å². The van der Waals surface area contributed by atoms with Crippen molar-refractivity contribution in [1.82, 2.24) is 20.4 Å². The second-order valence-corrected chi connectivity index (χ2v) is 14.8. The maximum Gasteiger partial charge on any atom is 0.263 e. The number of amides is 2. The van der Waals surface area contributed by atoms with Crippen molar-refractivity contribution >= 4 is 56.0 Å². The molecule has 5 rings (SSSR count). The fourth-order valence-electron chi connectivity index (χ4n) is 5.38. The summed E-state index contributed by atoms with van der Waals surface area (Å²) in [6.07, 6.45) is 0.318. The first-order valence-electron chi connectivity index (χ1n) is 15.6. The summed E-state index contributed by atoms with van der Waals surface area (Å²) in [5.41, 5.74) is 10.3. The molecule has 50 heavy (non-hydrogen) atoms. The summed E-state index contributed by atoms with van der Waals surface area (Å²) in [5.74, 6) is -0.801. The van der Waals surface area contributed by atoms with Crippen LogP contribution in [0, 0.1) is 18.3 Å². The van der Waals surface area contributed by atoms with Gasteiger partial charge in [-0.25, -0.2) is 23.9 Å². The average Bonchev–Trinajstić information content (AvgIpc) is 3.51. The summed E-state index contributed by atoms with van der Waals surface area (Å²) in [6, 6.07) is 21.0. The van der Waals surface area contributed by atoms with E-state index in [1.807, 2.05) is 38.1 Å². The molecular weight excluding hydrogens is 682 g/mol. The predicted octanol–water partition coefficient (Wildman–Crippen LogP) is 5.90. The quantitative estimate of drug-likeness (QED) is 0.0632. The third-order valence-electron chi connectivity index (χ3n) is 8.04. The number of H-pyrrole nitrogens is 1. The van der Waals surface area contributed by atoms with Crippen LogP contribution < -0.4 is 26.0 Å². The van der Waals surface area contributed by atoms with Crippen molar-refractivity contribution in [3.63, 3.8) is 0 Å². The molecule has 262 valence electrons. The number of fused-ring (bicyclic) bond motifs is 1. The number of aromatic nitrogens is 3. The van der Waals surface area contributed by atoms with Gasteiger partial charge in [-0.2, -0.15) is 0 Å². The molecule has 0 aliphatic rings. The van der Waals surface area contributed by atoms with Crippen molar-refractivity contribution in [3.05, 3.63) is 95.1 Å². The number of sulfonamides is 1. The molecule has 0 saturated heterocycles. The van der Waals surface area contributed by atoms with E-state index in [1.54, 1.807) is 49.7 Å². The lowest BCUT2D eigenvalue weighted by molar-refractivity contribution is -0.135. The molecule has 0 aliphatic carbocycles. The topological polar surface area (TPSA) is 201 Å². The van der Waals surface area contributed by atoms with Crippen LogP contribution in [-0.2, 0) is 14.8 Å². The standard InChI is InChI=1S/C35H38ClN7O6S/c1-20(37)27(34(45)42-46)18-35(3,4)19-49-23-8-7-9-24(17-23)50(47,48)43-31-15-13-25(21(2)38-31)33(44)39-22-12-14-28(36)26(16-22)32-40-29-10-5-6-11-30(29)41-32/h5-17,20,27,46H,18-19,37H2,1-4H3,(H,38,43)(H,39,44)(H,40,41)(H,42,45). The molecule has 0 radical (unpaired) electrons. The maximum atomic E-state index is 13.3. The maximum absolute atomic E-state index is 13.3. The second-order valence-electron chi connectivity index (χ2n) is 12.8. The van der Waals surface area contributed by atoms with Gasteiger partial charge in [0.25, 0.3) is 15.9 Å². The summed E-state index contributed by atoms with van der Waals surface area (Å²) < 4.78 is 35.0. The smallest absolute Gasteiger partial charge is 0.263 e. The second kappa shape index (κ2) is 14.8. The molecule has 7 N–H and O–H groups in total. The van der Waals surface area contributed by atoms with Crippen molar-refractivity contribution in [2.75, 3.05) is 16.6 Å². The Kier molecular flexibility index (Phi) is 10.8. The number of benzene rings is 3. The Bertz CT molecular complexity index is 2120. The SMILES string of the molecule is Cc1nc(NS(=O)(=O)c2cccc(OCC(C)(C)CC(C(=O)NO)C(C)N)c2)ccc1C(=O)Nc1ccc(Cl)c(-c2nc3ccccc3[nH]2)c1. The van der Waals surface area contributed by atoms with Gasteiger partial charge in [0.2, 0.25) is 5.91 Å². The number of nitrogens with one attached hydrogen (secondary N) is 4. The number of carbonyl (C=O) groups excluding carboxylic acids is 2. The first kappa shape index (κ1) is 36.3. The number of aromatic amines is 1. The number of hydrogen-bond donors (Lipinski definition) is 6. The van der Waals surface area contributed by atoms with Crippen LogP contribution in [0.3, 0.4) is 0 Å². The average molecular weight is 720 g/mol. The molecule has 0 aliphatic heterocycles. The number of hydroxylamine groups is 1. The fourth-order valence-corrected chi connectivity index (χ4v) is 6.63. The molecular formula is C35H38ClN7O6S. The summed E-state index contributed by atoms with van der Waals surface area (Å²) in [6.45, 7) is 7.18. The monoisotopic (exact) mass is 719 g/mol. The third kappa shape index (κ3) is 8.58. The van der Waals surface area contributed by atoms with Gasteiger partial charge in [0.1, 0.15) is 17.4 Å². The van der Waals surface area contributed by atoms with Crippen LogP contribution in [0.2, 0.25) is 5.02 Å². The fraction of sp³-hybridized carbons (Fsp3) is 0.257. The number of nitrogens with two attached hydrogens (primary N) is 1. The first-order valence-corrected chi connectivity index (χ1v) is 17.5. The van der Waals surface area contributed by atoms with Gasteiger partial charge in [-0.15, -0.1) is 0 Å². The molecule has 13 nitrogen and oxygen atoms in total. The Morgan fingerprint density at radius 2 is 1.80 bits per heavy atom. The number of anilines is 2. The van der Waals surface area contributed by atoms with Crippen molar-refractivity contribution in [1.29, 1.82) is 0 Å². The zero-order valence-corrected chi connectivity index (χ0v) is 29.4. The molecule has 0 spiro atoms. The van der Waals surface area contributed by atoms with Crippen molar-refractivity contribution < 1.29 is 28.0 Å². The van der Waals surface area contributed by atoms with Crippen LogP contribution in [0.25, 0.3) is 22.4 Å². The number of carbonyl (C=O) groups is 2. The minimum Gasteiger partial charge on any atom is -0.493 e.